The number of hydrogen-bond acceptors (Lipinski definition) is 3. The summed E-state index contributed by atoms with van der Waals surface area (Å²) < 4.78 is 5.42. The van der Waals surface area contributed by atoms with Crippen LogP contribution in [-0.4, -0.2) is 16.0 Å². The molecule has 2 N–H and O–H groups in total. The summed E-state index contributed by atoms with van der Waals surface area (Å²) in [4.78, 5) is 15.4. The molecule has 134 valence electrons. The third-order valence-electron chi connectivity index (χ3n) is 4.22. The number of rotatable bonds is 5. The lowest BCUT2D eigenvalue weighted by Gasteiger charge is -2.03. The number of benzene rings is 2. The van der Waals surface area contributed by atoms with Crippen molar-refractivity contribution in [1.82, 2.24) is 15.5 Å². The number of amides is 1. The summed E-state index contributed by atoms with van der Waals surface area (Å²) in [5.41, 5.74) is 3.81. The zero-order valence-electron chi connectivity index (χ0n) is 14.3. The van der Waals surface area contributed by atoms with E-state index >= 15 is 0 Å². The highest BCUT2D eigenvalue weighted by atomic mass is 35.5. The molecule has 4 rings (SSSR count). The molecule has 0 saturated carbocycles. The first kappa shape index (κ1) is 17.1. The van der Waals surface area contributed by atoms with Gasteiger partial charge in [-0.15, -0.1) is 0 Å². The van der Waals surface area contributed by atoms with Gasteiger partial charge in [-0.25, -0.2) is 0 Å². The first-order valence-electron chi connectivity index (χ1n) is 8.43. The Morgan fingerprint density at radius 3 is 2.67 bits per heavy atom. The van der Waals surface area contributed by atoms with Crippen molar-refractivity contribution in [2.24, 2.45) is 0 Å². The second-order valence-electron chi connectivity index (χ2n) is 6.02. The molecule has 0 fully saturated rings. The predicted molar refractivity (Wildman–Crippen MR) is 104 cm³/mol. The van der Waals surface area contributed by atoms with E-state index in [1.807, 2.05) is 54.6 Å². The molecule has 0 aliphatic carbocycles. The molecule has 2 heterocycles. The highest BCUT2D eigenvalue weighted by Crippen LogP contribution is 2.35. The Bertz CT molecular complexity index is 1070. The molecule has 0 atom stereocenters. The number of carbonyl (C=O) groups excluding carboxylic acids is 1. The predicted octanol–water partition coefficient (Wildman–Crippen LogP) is 4.92. The normalized spacial score (nSPS) is 10.7. The second-order valence-corrected chi connectivity index (χ2v) is 6.43. The van der Waals surface area contributed by atoms with Gasteiger partial charge < -0.3 is 14.8 Å². The van der Waals surface area contributed by atoms with E-state index in [0.717, 1.165) is 22.3 Å². The molecule has 0 aliphatic rings. The lowest BCUT2D eigenvalue weighted by atomic mass is 10.0. The van der Waals surface area contributed by atoms with Crippen molar-refractivity contribution in [1.29, 1.82) is 0 Å². The number of halogens is 1. The molecule has 0 unspecified atom stereocenters. The van der Waals surface area contributed by atoms with Crippen molar-refractivity contribution in [2.75, 3.05) is 0 Å². The van der Waals surface area contributed by atoms with Crippen LogP contribution in [0.1, 0.15) is 16.1 Å². The van der Waals surface area contributed by atoms with E-state index in [4.69, 9.17) is 16.1 Å². The molecule has 2 aromatic heterocycles. The Hall–Kier alpha value is -3.31. The summed E-state index contributed by atoms with van der Waals surface area (Å²) in [6.45, 7) is 0.460. The van der Waals surface area contributed by atoms with Gasteiger partial charge in [0, 0.05) is 28.9 Å². The van der Waals surface area contributed by atoms with Gasteiger partial charge in [0.2, 0.25) is 0 Å². The fraction of sp³-hybridized carbons (Fsp3) is 0.0476. The Kier molecular flexibility index (Phi) is 4.77. The zero-order chi connectivity index (χ0) is 18.6. The maximum atomic E-state index is 12.4. The lowest BCUT2D eigenvalue weighted by Crippen LogP contribution is -2.22. The molecule has 0 bridgehead atoms. The molecule has 4 aromatic rings. The van der Waals surface area contributed by atoms with Crippen LogP contribution in [0.15, 0.2) is 77.6 Å². The summed E-state index contributed by atoms with van der Waals surface area (Å²) in [6.07, 6.45) is 3.34. The molecule has 0 saturated heterocycles. The highest BCUT2D eigenvalue weighted by molar-refractivity contribution is 6.33. The van der Waals surface area contributed by atoms with Gasteiger partial charge in [-0.05, 0) is 17.7 Å². The monoisotopic (exact) mass is 377 g/mol. The average molecular weight is 378 g/mol. The molecule has 0 spiro atoms. The number of carbonyl (C=O) groups is 1. The van der Waals surface area contributed by atoms with Crippen LogP contribution in [0.5, 0.6) is 0 Å². The maximum absolute atomic E-state index is 12.4. The van der Waals surface area contributed by atoms with E-state index < -0.39 is 0 Å². The van der Waals surface area contributed by atoms with Gasteiger partial charge in [-0.1, -0.05) is 65.3 Å². The van der Waals surface area contributed by atoms with E-state index in [2.05, 4.69) is 15.5 Å². The summed E-state index contributed by atoms with van der Waals surface area (Å²) in [6, 6.07) is 19.0. The van der Waals surface area contributed by atoms with Gasteiger partial charge in [0.1, 0.15) is 5.69 Å². The average Bonchev–Trinajstić information content (AvgIpc) is 3.36. The Balaban J connectivity index is 1.54. The smallest absolute Gasteiger partial charge is 0.267 e. The summed E-state index contributed by atoms with van der Waals surface area (Å²) in [7, 11) is 0. The summed E-state index contributed by atoms with van der Waals surface area (Å²) in [5.74, 6) is 0.366. The molecule has 6 heteroatoms. The quantitative estimate of drug-likeness (QED) is 0.518. The van der Waals surface area contributed by atoms with Crippen LogP contribution in [-0.2, 0) is 6.54 Å². The topological polar surface area (TPSA) is 70.9 Å². The lowest BCUT2D eigenvalue weighted by molar-refractivity contribution is 0.0946. The van der Waals surface area contributed by atoms with Crippen LogP contribution in [0.3, 0.4) is 0 Å². The number of H-pyrrole nitrogens is 1. The minimum Gasteiger partial charge on any atom is -0.356 e. The van der Waals surface area contributed by atoms with E-state index in [0.29, 0.717) is 23.0 Å². The zero-order valence-corrected chi connectivity index (χ0v) is 15.0. The van der Waals surface area contributed by atoms with Crippen LogP contribution in [0.4, 0.5) is 0 Å². The molecule has 0 aliphatic heterocycles. The van der Waals surface area contributed by atoms with Crippen molar-refractivity contribution < 1.29 is 9.32 Å². The van der Waals surface area contributed by atoms with Gasteiger partial charge >= 0.3 is 0 Å². The standard InChI is InChI=1S/C21H16ClN3O2/c22-18-9-5-4-8-16(18)17-13-25-27-20(17)15-10-19(23-12-15)21(26)24-11-14-6-2-1-3-7-14/h1-10,12-13,23H,11H2,(H,24,26). The van der Waals surface area contributed by atoms with E-state index in [-0.39, 0.29) is 5.91 Å². The van der Waals surface area contributed by atoms with Crippen molar-refractivity contribution in [3.05, 3.63) is 89.3 Å². The Morgan fingerprint density at radius 2 is 1.85 bits per heavy atom. The van der Waals surface area contributed by atoms with E-state index in [1.165, 1.54) is 0 Å². The summed E-state index contributed by atoms with van der Waals surface area (Å²) in [5, 5.41) is 7.40. The second kappa shape index (κ2) is 7.51. The Morgan fingerprint density at radius 1 is 1.07 bits per heavy atom. The maximum Gasteiger partial charge on any atom is 0.267 e. The number of nitrogens with zero attached hydrogens (tertiary/aromatic N) is 1. The van der Waals surface area contributed by atoms with E-state index in [9.17, 15) is 4.79 Å². The third kappa shape index (κ3) is 3.64. The first-order valence-corrected chi connectivity index (χ1v) is 8.80. The van der Waals surface area contributed by atoms with Crippen molar-refractivity contribution in [2.45, 2.75) is 6.54 Å². The molecule has 0 radical (unpaired) electrons. The first-order chi connectivity index (χ1) is 13.2. The van der Waals surface area contributed by atoms with Crippen LogP contribution in [0.25, 0.3) is 22.5 Å². The van der Waals surface area contributed by atoms with Crippen LogP contribution >= 0.6 is 11.6 Å². The third-order valence-corrected chi connectivity index (χ3v) is 4.55. The van der Waals surface area contributed by atoms with E-state index in [1.54, 1.807) is 18.5 Å². The largest absolute Gasteiger partial charge is 0.356 e. The fourth-order valence-electron chi connectivity index (χ4n) is 2.85. The highest BCUT2D eigenvalue weighted by Gasteiger charge is 2.18. The molecule has 27 heavy (non-hydrogen) atoms. The molecule has 1 amide bonds. The van der Waals surface area contributed by atoms with Crippen molar-refractivity contribution in [3.63, 3.8) is 0 Å². The van der Waals surface area contributed by atoms with Gasteiger partial charge in [-0.3, -0.25) is 4.79 Å². The SMILES string of the molecule is O=C(NCc1ccccc1)c1cc(-c2oncc2-c2ccccc2Cl)c[nH]1. The van der Waals surface area contributed by atoms with Crippen molar-refractivity contribution >= 4 is 17.5 Å². The molecular weight excluding hydrogens is 362 g/mol. The summed E-state index contributed by atoms with van der Waals surface area (Å²) >= 11 is 6.29. The minimum atomic E-state index is -0.191. The van der Waals surface area contributed by atoms with Gasteiger partial charge in [0.25, 0.3) is 5.91 Å². The number of aromatic amines is 1. The fourth-order valence-corrected chi connectivity index (χ4v) is 3.09. The number of hydrogen-bond donors (Lipinski definition) is 2. The number of aromatic nitrogens is 2. The van der Waals surface area contributed by atoms with Gasteiger partial charge in [-0.2, -0.15) is 0 Å². The molecule has 5 nitrogen and oxygen atoms in total. The van der Waals surface area contributed by atoms with Crippen molar-refractivity contribution in [3.8, 4) is 22.5 Å². The molecule has 2 aromatic carbocycles. The minimum absolute atomic E-state index is 0.191. The Labute approximate surface area is 161 Å². The van der Waals surface area contributed by atoms with Crippen LogP contribution in [0.2, 0.25) is 5.02 Å². The van der Waals surface area contributed by atoms with Gasteiger partial charge in [0.15, 0.2) is 5.76 Å². The van der Waals surface area contributed by atoms with Gasteiger partial charge in [0.05, 0.1) is 11.8 Å². The molecular formula is C21H16ClN3O2. The number of nitrogens with one attached hydrogen (secondary N) is 2. The van der Waals surface area contributed by atoms with Crippen LogP contribution < -0.4 is 5.32 Å². The van der Waals surface area contributed by atoms with Crippen LogP contribution in [0, 0.1) is 0 Å².